The van der Waals surface area contributed by atoms with E-state index in [1.54, 1.807) is 25.2 Å². The summed E-state index contributed by atoms with van der Waals surface area (Å²) in [5.74, 6) is 8.67. The van der Waals surface area contributed by atoms with Crippen molar-refractivity contribution in [3.63, 3.8) is 0 Å². The van der Waals surface area contributed by atoms with Crippen LogP contribution in [0.2, 0.25) is 0 Å². The molecule has 94 valence electrons. The molecule has 0 aliphatic rings. The van der Waals surface area contributed by atoms with Gasteiger partial charge < -0.3 is 4.74 Å². The summed E-state index contributed by atoms with van der Waals surface area (Å²) in [6.45, 7) is 5.60. The Labute approximate surface area is 109 Å². The summed E-state index contributed by atoms with van der Waals surface area (Å²) >= 11 is 1.55. The Kier molecular flexibility index (Phi) is 3.11. The van der Waals surface area contributed by atoms with Gasteiger partial charge in [-0.1, -0.05) is 5.92 Å². The number of aromatic nitrogens is 2. The molecule has 2 heterocycles. The Bertz CT molecular complexity index is 627. The molecule has 0 atom stereocenters. The maximum absolute atomic E-state index is 5.74. The maximum atomic E-state index is 5.74. The lowest BCUT2D eigenvalue weighted by Gasteiger charge is -2.19. The predicted molar refractivity (Wildman–Crippen MR) is 73.5 cm³/mol. The summed E-state index contributed by atoms with van der Waals surface area (Å²) in [6.07, 6.45) is 5.42. The summed E-state index contributed by atoms with van der Waals surface area (Å²) in [6, 6.07) is 1.97. The van der Waals surface area contributed by atoms with Crippen LogP contribution < -0.4 is 16.0 Å². The number of rotatable bonds is 3. The highest BCUT2D eigenvalue weighted by Crippen LogP contribution is 2.32. The quantitative estimate of drug-likeness (QED) is 0.503. The van der Waals surface area contributed by atoms with Gasteiger partial charge >= 0.3 is 0 Å². The number of nitrogens with one attached hydrogen (secondary N) is 1. The van der Waals surface area contributed by atoms with E-state index in [0.717, 1.165) is 15.1 Å². The van der Waals surface area contributed by atoms with Crippen LogP contribution >= 0.6 is 11.3 Å². The van der Waals surface area contributed by atoms with Crippen LogP contribution in [0.1, 0.15) is 18.7 Å². The van der Waals surface area contributed by atoms with Gasteiger partial charge in [0, 0.05) is 4.88 Å². The molecule has 0 saturated carbocycles. The molecule has 6 heteroatoms. The van der Waals surface area contributed by atoms with Gasteiger partial charge in [0.15, 0.2) is 5.60 Å². The average Bonchev–Trinajstić information content (AvgIpc) is 2.69. The molecular formula is C12H14N4OS. The van der Waals surface area contributed by atoms with Crippen molar-refractivity contribution in [2.75, 3.05) is 5.43 Å². The first-order valence-electron chi connectivity index (χ1n) is 5.37. The van der Waals surface area contributed by atoms with Gasteiger partial charge in [0.05, 0.1) is 5.39 Å². The number of anilines is 1. The Morgan fingerprint density at radius 3 is 2.83 bits per heavy atom. The molecule has 0 aromatic carbocycles. The van der Waals surface area contributed by atoms with E-state index in [1.807, 2.05) is 13.0 Å². The van der Waals surface area contributed by atoms with Crippen molar-refractivity contribution in [1.29, 1.82) is 0 Å². The molecule has 0 aliphatic carbocycles. The normalized spacial score (nSPS) is 11.3. The molecule has 0 saturated heterocycles. The molecule has 5 nitrogen and oxygen atoms in total. The van der Waals surface area contributed by atoms with Crippen molar-refractivity contribution in [2.24, 2.45) is 5.84 Å². The molecule has 0 bridgehead atoms. The van der Waals surface area contributed by atoms with Gasteiger partial charge in [-0.15, -0.1) is 17.8 Å². The lowest BCUT2D eigenvalue weighted by atomic mass is 10.1. The number of nitrogens with two attached hydrogens (primary N) is 1. The van der Waals surface area contributed by atoms with Gasteiger partial charge in [-0.2, -0.15) is 4.98 Å². The van der Waals surface area contributed by atoms with Crippen molar-refractivity contribution in [3.8, 4) is 18.2 Å². The van der Waals surface area contributed by atoms with Crippen LogP contribution in [-0.4, -0.2) is 15.6 Å². The van der Waals surface area contributed by atoms with Crippen molar-refractivity contribution >= 4 is 27.5 Å². The SMILES string of the molecule is C#CC(C)(C)Oc1nc(NN)nc2sc(C)cc12. The second-order valence-corrected chi connectivity index (χ2v) is 5.56. The molecule has 0 radical (unpaired) electrons. The average molecular weight is 262 g/mol. The lowest BCUT2D eigenvalue weighted by molar-refractivity contribution is 0.167. The van der Waals surface area contributed by atoms with Gasteiger partial charge in [-0.25, -0.2) is 10.8 Å². The van der Waals surface area contributed by atoms with E-state index in [1.165, 1.54) is 0 Å². The third-order valence-corrected chi connectivity index (χ3v) is 3.25. The zero-order valence-electron chi connectivity index (χ0n) is 10.4. The number of ether oxygens (including phenoxy) is 1. The van der Waals surface area contributed by atoms with E-state index in [0.29, 0.717) is 11.8 Å². The zero-order valence-corrected chi connectivity index (χ0v) is 11.3. The van der Waals surface area contributed by atoms with Crippen LogP contribution in [0, 0.1) is 19.3 Å². The number of nitrogen functional groups attached to an aromatic ring is 1. The third kappa shape index (κ3) is 2.37. The fourth-order valence-electron chi connectivity index (χ4n) is 1.43. The van der Waals surface area contributed by atoms with E-state index in [-0.39, 0.29) is 0 Å². The standard InChI is InChI=1S/C12H14N4OS/c1-5-12(3,4)17-9-8-6-7(2)18-10(8)15-11(14-9)16-13/h1,6H,13H2,2-4H3,(H,14,15,16). The van der Waals surface area contributed by atoms with Crippen LogP contribution in [0.5, 0.6) is 5.88 Å². The number of thiophene rings is 1. The smallest absolute Gasteiger partial charge is 0.241 e. The minimum atomic E-state index is -0.733. The van der Waals surface area contributed by atoms with Crippen molar-refractivity contribution < 1.29 is 4.74 Å². The topological polar surface area (TPSA) is 73.1 Å². The highest BCUT2D eigenvalue weighted by atomic mass is 32.1. The number of hydrogen-bond donors (Lipinski definition) is 2. The fraction of sp³-hybridized carbons (Fsp3) is 0.333. The fourth-order valence-corrected chi connectivity index (χ4v) is 2.30. The highest BCUT2D eigenvalue weighted by Gasteiger charge is 2.20. The third-order valence-electron chi connectivity index (χ3n) is 2.31. The van der Waals surface area contributed by atoms with Crippen LogP contribution in [0.25, 0.3) is 10.2 Å². The molecule has 0 fully saturated rings. The largest absolute Gasteiger partial charge is 0.458 e. The Morgan fingerprint density at radius 1 is 1.50 bits per heavy atom. The number of aryl methyl sites for hydroxylation is 1. The van der Waals surface area contributed by atoms with Gasteiger partial charge in [0.2, 0.25) is 11.8 Å². The van der Waals surface area contributed by atoms with E-state index >= 15 is 0 Å². The van der Waals surface area contributed by atoms with Crippen LogP contribution in [0.15, 0.2) is 6.07 Å². The van der Waals surface area contributed by atoms with E-state index in [9.17, 15) is 0 Å². The molecule has 0 aliphatic heterocycles. The molecular weight excluding hydrogens is 248 g/mol. The second kappa shape index (κ2) is 4.44. The van der Waals surface area contributed by atoms with E-state index in [4.69, 9.17) is 17.0 Å². The Balaban J connectivity index is 2.57. The first-order chi connectivity index (χ1) is 8.45. The molecule has 0 amide bonds. The minimum absolute atomic E-state index is 0.312. The number of hydrazine groups is 1. The van der Waals surface area contributed by atoms with Crippen LogP contribution in [-0.2, 0) is 0 Å². The monoisotopic (exact) mass is 262 g/mol. The van der Waals surface area contributed by atoms with Gasteiger partial charge in [0.1, 0.15) is 4.83 Å². The van der Waals surface area contributed by atoms with Gasteiger partial charge in [-0.05, 0) is 26.8 Å². The van der Waals surface area contributed by atoms with Gasteiger partial charge in [-0.3, -0.25) is 5.43 Å². The van der Waals surface area contributed by atoms with Crippen LogP contribution in [0.4, 0.5) is 5.95 Å². The number of terminal acetylenes is 1. The molecule has 18 heavy (non-hydrogen) atoms. The molecule has 2 aromatic rings. The molecule has 2 rings (SSSR count). The maximum Gasteiger partial charge on any atom is 0.241 e. The zero-order chi connectivity index (χ0) is 13.3. The second-order valence-electron chi connectivity index (χ2n) is 4.33. The summed E-state index contributed by atoms with van der Waals surface area (Å²) in [7, 11) is 0. The van der Waals surface area contributed by atoms with E-state index < -0.39 is 5.60 Å². The molecule has 2 aromatic heterocycles. The Morgan fingerprint density at radius 2 is 2.22 bits per heavy atom. The van der Waals surface area contributed by atoms with Crippen molar-refractivity contribution in [3.05, 3.63) is 10.9 Å². The highest BCUT2D eigenvalue weighted by molar-refractivity contribution is 7.18. The van der Waals surface area contributed by atoms with Crippen molar-refractivity contribution in [2.45, 2.75) is 26.4 Å². The summed E-state index contributed by atoms with van der Waals surface area (Å²) in [5, 5.41) is 0.847. The number of hydrogen-bond acceptors (Lipinski definition) is 6. The summed E-state index contributed by atoms with van der Waals surface area (Å²) in [5.41, 5.74) is 1.69. The number of nitrogens with zero attached hydrogens (tertiary/aromatic N) is 2. The van der Waals surface area contributed by atoms with E-state index in [2.05, 4.69) is 21.3 Å². The van der Waals surface area contributed by atoms with Crippen molar-refractivity contribution in [1.82, 2.24) is 9.97 Å². The summed E-state index contributed by atoms with van der Waals surface area (Å²) in [4.78, 5) is 10.4. The first kappa shape index (κ1) is 12.6. The van der Waals surface area contributed by atoms with Crippen LogP contribution in [0.3, 0.4) is 0 Å². The summed E-state index contributed by atoms with van der Waals surface area (Å²) < 4.78 is 5.74. The molecule has 0 unspecified atom stereocenters. The minimum Gasteiger partial charge on any atom is -0.458 e. The number of fused-ring (bicyclic) bond motifs is 1. The lowest BCUT2D eigenvalue weighted by Crippen LogP contribution is -2.26. The molecule has 3 N–H and O–H groups in total. The predicted octanol–water partition coefficient (Wildman–Crippen LogP) is 2.08. The molecule has 0 spiro atoms. The van der Waals surface area contributed by atoms with Gasteiger partial charge in [0.25, 0.3) is 0 Å². The Hall–Kier alpha value is -1.84. The first-order valence-corrected chi connectivity index (χ1v) is 6.18.